The van der Waals surface area contributed by atoms with Crippen LogP contribution in [0.2, 0.25) is 0 Å². The molecule has 0 saturated heterocycles. The minimum atomic E-state index is 0. The Labute approximate surface area is 211 Å². The van der Waals surface area contributed by atoms with Gasteiger partial charge in [0.05, 0.1) is 17.1 Å². The first kappa shape index (κ1) is 27.1. The molecule has 0 spiro atoms. The van der Waals surface area contributed by atoms with Crippen LogP contribution in [0.25, 0.3) is 0 Å². The number of hydrogen-bond donors (Lipinski definition) is 3. The van der Waals surface area contributed by atoms with Gasteiger partial charge in [-0.2, -0.15) is 15.3 Å². The standard InChI is InChI=1S/C21H33BN6.HI.Pd/c1-7-13-19(14(8-2)24-23-13)22(20-15(9-3)25-26-16(20)10-4)21-17(11-5)27-28-18(21)12-6;;/h7-12H2,1-6H3,(H,23,24)(H,25,26)(H,27,28);1H;. The van der Waals surface area contributed by atoms with Gasteiger partial charge in [-0.3, -0.25) is 15.3 Å². The van der Waals surface area contributed by atoms with Crippen LogP contribution in [-0.2, 0) is 58.9 Å². The second kappa shape index (κ2) is 12.2. The van der Waals surface area contributed by atoms with Gasteiger partial charge in [0, 0.05) is 37.5 Å². The quantitative estimate of drug-likeness (QED) is 0.256. The number of aromatic amines is 3. The molecule has 3 N–H and O–H groups in total. The van der Waals surface area contributed by atoms with Gasteiger partial charge in [0.25, 0.3) is 6.71 Å². The SMILES string of the molecule is CCc1n[nH]c(CC)c1B(c1c(CC)n[nH]c1CC)c1c(CC)n[nH]c1CC.I.[Pd]. The fourth-order valence-corrected chi connectivity index (χ4v) is 4.36. The van der Waals surface area contributed by atoms with Gasteiger partial charge >= 0.3 is 0 Å². The molecule has 30 heavy (non-hydrogen) atoms. The van der Waals surface area contributed by atoms with E-state index in [-0.39, 0.29) is 51.1 Å². The minimum absolute atomic E-state index is 0. The Balaban J connectivity index is 0.00000225. The van der Waals surface area contributed by atoms with Crippen LogP contribution in [0.1, 0.15) is 75.7 Å². The zero-order valence-electron chi connectivity index (χ0n) is 18.9. The summed E-state index contributed by atoms with van der Waals surface area (Å²) >= 11 is 0. The van der Waals surface area contributed by atoms with E-state index >= 15 is 0 Å². The van der Waals surface area contributed by atoms with Crippen molar-refractivity contribution in [3.63, 3.8) is 0 Å². The molecule has 168 valence electrons. The number of aryl methyl sites for hydroxylation is 6. The zero-order chi connectivity index (χ0) is 20.3. The van der Waals surface area contributed by atoms with Crippen LogP contribution < -0.4 is 16.4 Å². The fourth-order valence-electron chi connectivity index (χ4n) is 4.36. The normalized spacial score (nSPS) is 10.6. The van der Waals surface area contributed by atoms with E-state index in [0.717, 1.165) is 55.6 Å². The topological polar surface area (TPSA) is 86.0 Å². The molecule has 0 aliphatic heterocycles. The molecule has 9 heteroatoms. The first-order valence-corrected chi connectivity index (χ1v) is 10.8. The number of H-pyrrole nitrogens is 3. The summed E-state index contributed by atoms with van der Waals surface area (Å²) in [6.07, 6.45) is 5.51. The molecular formula is C21H34BIN6Pd. The molecule has 0 amide bonds. The Hall–Kier alpha value is -0.913. The summed E-state index contributed by atoms with van der Waals surface area (Å²) in [6.45, 7) is 13.2. The second-order valence-corrected chi connectivity index (χ2v) is 7.24. The summed E-state index contributed by atoms with van der Waals surface area (Å²) in [5.74, 6) is 0. The molecule has 3 heterocycles. The van der Waals surface area contributed by atoms with E-state index in [4.69, 9.17) is 0 Å². The molecule has 0 aromatic carbocycles. The van der Waals surface area contributed by atoms with Crippen molar-refractivity contribution in [2.24, 2.45) is 0 Å². The van der Waals surface area contributed by atoms with Gasteiger partial charge in [-0.25, -0.2) is 0 Å². The van der Waals surface area contributed by atoms with Crippen LogP contribution >= 0.6 is 24.0 Å². The minimum Gasteiger partial charge on any atom is -0.283 e. The van der Waals surface area contributed by atoms with Crippen LogP contribution in [0, 0.1) is 0 Å². The summed E-state index contributed by atoms with van der Waals surface area (Å²) in [6, 6.07) is 0. The van der Waals surface area contributed by atoms with Crippen molar-refractivity contribution in [3.05, 3.63) is 34.2 Å². The van der Waals surface area contributed by atoms with Crippen molar-refractivity contribution in [3.8, 4) is 0 Å². The second-order valence-electron chi connectivity index (χ2n) is 7.24. The monoisotopic (exact) mass is 614 g/mol. The van der Waals surface area contributed by atoms with Gasteiger partial charge in [-0.05, 0) is 54.9 Å². The van der Waals surface area contributed by atoms with E-state index in [1.165, 1.54) is 33.5 Å². The Bertz CT molecular complexity index is 748. The Morgan fingerprint density at radius 1 is 0.533 bits per heavy atom. The number of rotatable bonds is 9. The molecule has 3 aromatic heterocycles. The molecule has 3 rings (SSSR count). The molecule has 0 fully saturated rings. The van der Waals surface area contributed by atoms with E-state index in [2.05, 4.69) is 72.1 Å². The Morgan fingerprint density at radius 3 is 1.00 bits per heavy atom. The summed E-state index contributed by atoms with van der Waals surface area (Å²) < 4.78 is 0. The van der Waals surface area contributed by atoms with Crippen molar-refractivity contribution in [2.45, 2.75) is 80.1 Å². The van der Waals surface area contributed by atoms with Gasteiger partial charge in [-0.15, -0.1) is 24.0 Å². The molecule has 0 bridgehead atoms. The number of nitrogens with zero attached hydrogens (tertiary/aromatic N) is 3. The third-order valence-corrected chi connectivity index (χ3v) is 5.82. The molecule has 6 nitrogen and oxygen atoms in total. The molecule has 0 aliphatic carbocycles. The third kappa shape index (κ3) is 4.78. The number of aromatic nitrogens is 6. The van der Waals surface area contributed by atoms with Crippen LogP contribution in [-0.4, -0.2) is 37.3 Å². The van der Waals surface area contributed by atoms with Crippen molar-refractivity contribution >= 4 is 47.1 Å². The van der Waals surface area contributed by atoms with E-state index in [9.17, 15) is 0 Å². The van der Waals surface area contributed by atoms with Gasteiger partial charge in [0.15, 0.2) is 0 Å². The van der Waals surface area contributed by atoms with E-state index in [1.54, 1.807) is 0 Å². The predicted molar refractivity (Wildman–Crippen MR) is 132 cm³/mol. The maximum Gasteiger partial charge on any atom is 0.255 e. The van der Waals surface area contributed by atoms with Crippen LogP contribution in [0.5, 0.6) is 0 Å². The van der Waals surface area contributed by atoms with Gasteiger partial charge in [-0.1, -0.05) is 41.5 Å². The molecule has 0 unspecified atom stereocenters. The summed E-state index contributed by atoms with van der Waals surface area (Å²) in [5, 5.41) is 24.0. The van der Waals surface area contributed by atoms with E-state index in [1.807, 2.05) is 0 Å². The van der Waals surface area contributed by atoms with Crippen molar-refractivity contribution in [2.75, 3.05) is 0 Å². The first-order valence-electron chi connectivity index (χ1n) is 10.8. The maximum absolute atomic E-state index is 4.68. The smallest absolute Gasteiger partial charge is 0.255 e. The van der Waals surface area contributed by atoms with Gasteiger partial charge in [0.1, 0.15) is 0 Å². The number of nitrogens with one attached hydrogen (secondary N) is 3. The zero-order valence-corrected chi connectivity index (χ0v) is 22.8. The molecule has 3 aromatic rings. The van der Waals surface area contributed by atoms with Crippen LogP contribution in [0.15, 0.2) is 0 Å². The van der Waals surface area contributed by atoms with Crippen LogP contribution in [0.4, 0.5) is 0 Å². The van der Waals surface area contributed by atoms with Crippen molar-refractivity contribution in [1.82, 2.24) is 30.6 Å². The van der Waals surface area contributed by atoms with E-state index in [0.29, 0.717) is 0 Å². The fraction of sp³-hybridized carbons (Fsp3) is 0.571. The predicted octanol–water partition coefficient (Wildman–Crippen LogP) is 2.36. The average Bonchev–Trinajstić information content (AvgIpc) is 3.44. The largest absolute Gasteiger partial charge is 0.283 e. The van der Waals surface area contributed by atoms with Crippen molar-refractivity contribution < 1.29 is 20.4 Å². The van der Waals surface area contributed by atoms with E-state index < -0.39 is 0 Å². The average molecular weight is 615 g/mol. The van der Waals surface area contributed by atoms with Crippen LogP contribution in [0.3, 0.4) is 0 Å². The molecule has 0 radical (unpaired) electrons. The first-order chi connectivity index (χ1) is 13.6. The molecule has 0 aliphatic rings. The Kier molecular flexibility index (Phi) is 11.0. The van der Waals surface area contributed by atoms with Gasteiger partial charge < -0.3 is 0 Å². The molecule has 0 saturated carbocycles. The third-order valence-electron chi connectivity index (χ3n) is 5.82. The van der Waals surface area contributed by atoms with Crippen molar-refractivity contribution in [1.29, 1.82) is 0 Å². The molecular weight excluding hydrogens is 580 g/mol. The maximum atomic E-state index is 4.68. The Morgan fingerprint density at radius 2 is 0.800 bits per heavy atom. The summed E-state index contributed by atoms with van der Waals surface area (Å²) in [5.41, 5.74) is 11.1. The summed E-state index contributed by atoms with van der Waals surface area (Å²) in [4.78, 5) is 0. The number of halogens is 1. The molecule has 0 atom stereocenters. The van der Waals surface area contributed by atoms with Gasteiger partial charge in [0.2, 0.25) is 0 Å². The summed E-state index contributed by atoms with van der Waals surface area (Å²) in [7, 11) is 0. The number of hydrogen-bond acceptors (Lipinski definition) is 3.